The second kappa shape index (κ2) is 9.64. The van der Waals surface area contributed by atoms with E-state index in [0.717, 1.165) is 24.2 Å². The zero-order valence-electron chi connectivity index (χ0n) is 18.2. The van der Waals surface area contributed by atoms with Crippen LogP contribution in [0, 0.1) is 5.92 Å². The van der Waals surface area contributed by atoms with Gasteiger partial charge in [-0.15, -0.1) is 0 Å². The van der Waals surface area contributed by atoms with Crippen LogP contribution in [0.3, 0.4) is 0 Å². The van der Waals surface area contributed by atoms with E-state index in [-0.39, 0.29) is 11.6 Å². The zero-order chi connectivity index (χ0) is 23.5. The molecule has 1 aliphatic heterocycles. The van der Waals surface area contributed by atoms with Gasteiger partial charge in [0.15, 0.2) is 6.61 Å². The van der Waals surface area contributed by atoms with E-state index in [0.29, 0.717) is 22.9 Å². The Morgan fingerprint density at radius 1 is 1.22 bits per heavy atom. The minimum absolute atomic E-state index is 0.0224. The number of methoxy groups -OCH3 is 2. The lowest BCUT2D eigenvalue weighted by Crippen LogP contribution is -2.54. The Morgan fingerprint density at radius 2 is 1.94 bits per heavy atom. The van der Waals surface area contributed by atoms with E-state index in [9.17, 15) is 19.2 Å². The number of rotatable bonds is 7. The summed E-state index contributed by atoms with van der Waals surface area (Å²) in [4.78, 5) is 50.6. The molecule has 1 aliphatic carbocycles. The van der Waals surface area contributed by atoms with Crippen molar-refractivity contribution in [2.24, 2.45) is 5.92 Å². The molecule has 3 rings (SSSR count). The number of ether oxygens (including phenoxy) is 3. The second-order valence-electron chi connectivity index (χ2n) is 7.84. The van der Waals surface area contributed by atoms with Gasteiger partial charge in [-0.25, -0.2) is 4.79 Å². The van der Waals surface area contributed by atoms with E-state index in [1.807, 2.05) is 6.92 Å². The predicted octanol–water partition coefficient (Wildman–Crippen LogP) is 2.34. The number of amides is 4. The molecule has 1 saturated carbocycles. The SMILES string of the molecule is COc1cc(NC(=O)COC(=O)CN2C(=O)NC3(CCCCC3C)C2=O)c(OC)cc1Cl. The molecule has 4 amide bonds. The highest BCUT2D eigenvalue weighted by Gasteiger charge is 2.55. The molecule has 0 radical (unpaired) electrons. The molecule has 2 atom stereocenters. The lowest BCUT2D eigenvalue weighted by molar-refractivity contribution is -0.150. The highest BCUT2D eigenvalue weighted by Crippen LogP contribution is 2.38. The summed E-state index contributed by atoms with van der Waals surface area (Å²) < 4.78 is 15.3. The minimum atomic E-state index is -0.961. The van der Waals surface area contributed by atoms with Crippen LogP contribution in [0.15, 0.2) is 12.1 Å². The van der Waals surface area contributed by atoms with Crippen molar-refractivity contribution in [3.05, 3.63) is 17.2 Å². The number of halogens is 1. The largest absolute Gasteiger partial charge is 0.495 e. The molecule has 1 aromatic rings. The molecule has 0 bridgehead atoms. The maximum atomic E-state index is 12.9. The Morgan fingerprint density at radius 3 is 2.59 bits per heavy atom. The fraction of sp³-hybridized carbons (Fsp3) is 0.524. The van der Waals surface area contributed by atoms with Gasteiger partial charge in [0, 0.05) is 12.1 Å². The number of urea groups is 1. The van der Waals surface area contributed by atoms with Crippen LogP contribution in [-0.2, 0) is 19.1 Å². The van der Waals surface area contributed by atoms with Crippen molar-refractivity contribution in [3.8, 4) is 11.5 Å². The number of hydrogen-bond acceptors (Lipinski definition) is 7. The smallest absolute Gasteiger partial charge is 0.326 e. The van der Waals surface area contributed by atoms with Gasteiger partial charge < -0.3 is 24.8 Å². The van der Waals surface area contributed by atoms with E-state index in [1.54, 1.807) is 0 Å². The van der Waals surface area contributed by atoms with Gasteiger partial charge >= 0.3 is 12.0 Å². The molecule has 1 saturated heterocycles. The molecule has 10 nitrogen and oxygen atoms in total. The molecule has 174 valence electrons. The zero-order valence-corrected chi connectivity index (χ0v) is 18.9. The van der Waals surface area contributed by atoms with E-state index in [1.165, 1.54) is 26.4 Å². The number of nitrogens with one attached hydrogen (secondary N) is 2. The van der Waals surface area contributed by atoms with Gasteiger partial charge in [-0.3, -0.25) is 19.3 Å². The minimum Gasteiger partial charge on any atom is -0.495 e. The van der Waals surface area contributed by atoms with E-state index in [4.69, 9.17) is 25.8 Å². The molecule has 1 spiro atoms. The Bertz CT molecular complexity index is 938. The summed E-state index contributed by atoms with van der Waals surface area (Å²) >= 11 is 6.04. The van der Waals surface area contributed by atoms with Crippen molar-refractivity contribution in [1.82, 2.24) is 10.2 Å². The fourth-order valence-corrected chi connectivity index (χ4v) is 4.34. The summed E-state index contributed by atoms with van der Waals surface area (Å²) in [6.45, 7) is 0.742. The fourth-order valence-electron chi connectivity index (χ4n) is 4.10. The van der Waals surface area contributed by atoms with Gasteiger partial charge in [0.05, 0.1) is 24.9 Å². The summed E-state index contributed by atoms with van der Waals surface area (Å²) in [7, 11) is 2.83. The third-order valence-corrected chi connectivity index (χ3v) is 6.20. The van der Waals surface area contributed by atoms with Crippen LogP contribution in [0.25, 0.3) is 0 Å². The number of carbonyl (C=O) groups is 4. The molecule has 2 aliphatic rings. The van der Waals surface area contributed by atoms with Crippen molar-refractivity contribution in [2.45, 2.75) is 38.1 Å². The number of carbonyl (C=O) groups excluding carboxylic acids is 4. The maximum absolute atomic E-state index is 12.9. The summed E-state index contributed by atoms with van der Waals surface area (Å²) in [5.74, 6) is -1.34. The number of esters is 1. The van der Waals surface area contributed by atoms with Crippen LogP contribution in [0.5, 0.6) is 11.5 Å². The first-order valence-electron chi connectivity index (χ1n) is 10.2. The Labute approximate surface area is 190 Å². The normalized spacial score (nSPS) is 22.5. The Kier molecular flexibility index (Phi) is 7.12. The van der Waals surface area contributed by atoms with Crippen molar-refractivity contribution < 1.29 is 33.4 Å². The first-order chi connectivity index (χ1) is 15.2. The lowest BCUT2D eigenvalue weighted by atomic mass is 9.73. The van der Waals surface area contributed by atoms with Crippen LogP contribution in [-0.4, -0.2) is 61.6 Å². The van der Waals surface area contributed by atoms with Crippen LogP contribution < -0.4 is 20.1 Å². The predicted molar refractivity (Wildman–Crippen MR) is 115 cm³/mol. The monoisotopic (exact) mass is 467 g/mol. The van der Waals surface area contributed by atoms with Gasteiger partial charge in [-0.1, -0.05) is 31.4 Å². The van der Waals surface area contributed by atoms with Crippen molar-refractivity contribution in [1.29, 1.82) is 0 Å². The van der Waals surface area contributed by atoms with Crippen LogP contribution in [0.4, 0.5) is 10.5 Å². The number of anilines is 1. The van der Waals surface area contributed by atoms with E-state index >= 15 is 0 Å². The van der Waals surface area contributed by atoms with Crippen LogP contribution in [0.1, 0.15) is 32.6 Å². The highest BCUT2D eigenvalue weighted by molar-refractivity contribution is 6.32. The van der Waals surface area contributed by atoms with E-state index in [2.05, 4.69) is 10.6 Å². The third kappa shape index (κ3) is 4.59. The molecule has 2 fully saturated rings. The quantitative estimate of drug-likeness (QED) is 0.466. The van der Waals surface area contributed by atoms with Crippen molar-refractivity contribution in [3.63, 3.8) is 0 Å². The third-order valence-electron chi connectivity index (χ3n) is 5.90. The highest BCUT2D eigenvalue weighted by atomic mass is 35.5. The molecular weight excluding hydrogens is 442 g/mol. The van der Waals surface area contributed by atoms with Crippen molar-refractivity contribution in [2.75, 3.05) is 32.7 Å². The van der Waals surface area contributed by atoms with Gasteiger partial charge in [0.25, 0.3) is 11.8 Å². The van der Waals surface area contributed by atoms with Gasteiger partial charge in [-0.2, -0.15) is 0 Å². The first kappa shape index (κ1) is 23.6. The summed E-state index contributed by atoms with van der Waals surface area (Å²) in [5.41, 5.74) is -0.686. The number of hydrogen-bond donors (Lipinski definition) is 2. The summed E-state index contributed by atoms with van der Waals surface area (Å²) in [6, 6.07) is 2.32. The molecular formula is C21H26ClN3O7. The van der Waals surface area contributed by atoms with Crippen LogP contribution >= 0.6 is 11.6 Å². The average Bonchev–Trinajstić information content (AvgIpc) is 3.00. The molecule has 11 heteroatoms. The molecule has 32 heavy (non-hydrogen) atoms. The lowest BCUT2D eigenvalue weighted by Gasteiger charge is -2.36. The summed E-state index contributed by atoms with van der Waals surface area (Å²) in [5, 5.41) is 5.60. The van der Waals surface area contributed by atoms with Gasteiger partial charge in [0.2, 0.25) is 0 Å². The van der Waals surface area contributed by atoms with Crippen LogP contribution in [0.2, 0.25) is 5.02 Å². The molecule has 2 N–H and O–H groups in total. The Hall–Kier alpha value is -3.01. The maximum Gasteiger partial charge on any atom is 0.326 e. The molecule has 1 aromatic carbocycles. The number of nitrogens with zero attached hydrogens (tertiary/aromatic N) is 1. The standard InChI is InChI=1S/C21H26ClN3O7/c1-12-6-4-5-7-21(12)19(28)25(20(29)24-21)10-18(27)32-11-17(26)23-14-9-15(30-2)13(22)8-16(14)31-3/h8-9,12H,4-7,10-11H2,1-3H3,(H,23,26)(H,24,29). The molecule has 0 aromatic heterocycles. The Balaban J connectivity index is 1.57. The summed E-state index contributed by atoms with van der Waals surface area (Å²) in [6.07, 6.45) is 3.18. The number of benzene rings is 1. The van der Waals surface area contributed by atoms with Gasteiger partial charge in [0.1, 0.15) is 23.6 Å². The average molecular weight is 468 g/mol. The molecule has 1 heterocycles. The topological polar surface area (TPSA) is 123 Å². The molecule has 2 unspecified atom stereocenters. The number of imide groups is 1. The first-order valence-corrected chi connectivity index (χ1v) is 10.6. The second-order valence-corrected chi connectivity index (χ2v) is 8.24. The van der Waals surface area contributed by atoms with Crippen molar-refractivity contribution >= 4 is 41.1 Å². The van der Waals surface area contributed by atoms with E-state index < -0.39 is 42.5 Å². The van der Waals surface area contributed by atoms with Gasteiger partial charge in [-0.05, 0) is 18.8 Å².